The van der Waals surface area contributed by atoms with Crippen LogP contribution in [0.4, 0.5) is 5.69 Å². The quantitative estimate of drug-likeness (QED) is 0.826. The molecule has 6 nitrogen and oxygen atoms in total. The van der Waals surface area contributed by atoms with E-state index in [0.29, 0.717) is 22.7 Å². The van der Waals surface area contributed by atoms with Crippen LogP contribution in [-0.4, -0.2) is 25.5 Å². The molecule has 2 aromatic carbocycles. The van der Waals surface area contributed by atoms with Crippen LogP contribution in [0.2, 0.25) is 0 Å². The predicted molar refractivity (Wildman–Crippen MR) is 82.0 cm³/mol. The van der Waals surface area contributed by atoms with Crippen LogP contribution in [0.25, 0.3) is 0 Å². The van der Waals surface area contributed by atoms with Crippen molar-refractivity contribution < 1.29 is 19.1 Å². The average Bonchev–Trinajstić information content (AvgIpc) is 2.55. The van der Waals surface area contributed by atoms with Gasteiger partial charge < -0.3 is 20.5 Å². The van der Waals surface area contributed by atoms with E-state index in [4.69, 9.17) is 10.5 Å². The van der Waals surface area contributed by atoms with Crippen LogP contribution in [0.1, 0.15) is 10.4 Å². The van der Waals surface area contributed by atoms with E-state index in [1.807, 2.05) is 0 Å². The zero-order valence-corrected chi connectivity index (χ0v) is 12.0. The Kier molecular flexibility index (Phi) is 5.11. The minimum Gasteiger partial charge on any atom is -0.465 e. The number of methoxy groups -OCH3 is 1. The highest BCUT2D eigenvalue weighted by Gasteiger charge is 2.06. The number of carbonyl (C=O) groups is 2. The summed E-state index contributed by atoms with van der Waals surface area (Å²) < 4.78 is 10.3. The largest absolute Gasteiger partial charge is 0.465 e. The molecule has 0 aromatic heterocycles. The van der Waals surface area contributed by atoms with Gasteiger partial charge >= 0.3 is 5.97 Å². The van der Waals surface area contributed by atoms with Gasteiger partial charge in [0.05, 0.1) is 19.2 Å². The summed E-state index contributed by atoms with van der Waals surface area (Å²) in [7, 11) is 1.33. The van der Waals surface area contributed by atoms with Crippen molar-refractivity contribution >= 4 is 17.6 Å². The summed E-state index contributed by atoms with van der Waals surface area (Å²) in [5.74, 6) is 0.438. The Bertz CT molecular complexity index is 668. The molecule has 1 amide bonds. The van der Waals surface area contributed by atoms with E-state index < -0.39 is 5.97 Å². The normalized spacial score (nSPS) is 9.91. The lowest BCUT2D eigenvalue weighted by molar-refractivity contribution is -0.114. The predicted octanol–water partition coefficient (Wildman–Crippen LogP) is 2.16. The summed E-state index contributed by atoms with van der Waals surface area (Å²) >= 11 is 0. The van der Waals surface area contributed by atoms with Gasteiger partial charge in [0.25, 0.3) is 0 Å². The van der Waals surface area contributed by atoms with Gasteiger partial charge in [-0.25, -0.2) is 4.79 Å². The first-order valence-electron chi connectivity index (χ1n) is 6.58. The number of anilines is 1. The van der Waals surface area contributed by atoms with Crippen molar-refractivity contribution in [1.29, 1.82) is 0 Å². The summed E-state index contributed by atoms with van der Waals surface area (Å²) in [4.78, 5) is 22.6. The van der Waals surface area contributed by atoms with Crippen molar-refractivity contribution in [2.45, 2.75) is 0 Å². The molecule has 2 aromatic rings. The van der Waals surface area contributed by atoms with Crippen molar-refractivity contribution in [3.63, 3.8) is 0 Å². The van der Waals surface area contributed by atoms with Gasteiger partial charge in [-0.2, -0.15) is 0 Å². The summed E-state index contributed by atoms with van der Waals surface area (Å²) in [6, 6.07) is 13.5. The number of nitrogens with two attached hydrogens (primary N) is 1. The van der Waals surface area contributed by atoms with Gasteiger partial charge in [-0.15, -0.1) is 0 Å². The summed E-state index contributed by atoms with van der Waals surface area (Å²) in [6.07, 6.45) is 0. The minimum absolute atomic E-state index is 0.0833. The molecule has 0 saturated carbocycles. The van der Waals surface area contributed by atoms with Crippen molar-refractivity contribution in [2.24, 2.45) is 5.73 Å². The monoisotopic (exact) mass is 300 g/mol. The van der Waals surface area contributed by atoms with E-state index in [1.54, 1.807) is 48.5 Å². The number of amides is 1. The highest BCUT2D eigenvalue weighted by Crippen LogP contribution is 2.24. The molecule has 0 atom stereocenters. The van der Waals surface area contributed by atoms with Crippen LogP contribution >= 0.6 is 0 Å². The molecule has 22 heavy (non-hydrogen) atoms. The molecule has 0 heterocycles. The number of nitrogens with one attached hydrogen (secondary N) is 1. The molecule has 0 aliphatic rings. The number of benzene rings is 2. The van der Waals surface area contributed by atoms with E-state index in [2.05, 4.69) is 10.1 Å². The molecule has 0 radical (unpaired) electrons. The van der Waals surface area contributed by atoms with Crippen LogP contribution in [-0.2, 0) is 9.53 Å². The molecule has 0 spiro atoms. The Morgan fingerprint density at radius 2 is 1.82 bits per heavy atom. The maximum atomic E-state index is 11.3. The molecule has 0 aliphatic heterocycles. The van der Waals surface area contributed by atoms with Crippen molar-refractivity contribution in [2.75, 3.05) is 19.0 Å². The molecule has 0 bridgehead atoms. The fraction of sp³-hybridized carbons (Fsp3) is 0.125. The fourth-order valence-electron chi connectivity index (χ4n) is 1.76. The fourth-order valence-corrected chi connectivity index (χ4v) is 1.76. The molecular formula is C16H16N2O4. The van der Waals surface area contributed by atoms with Crippen LogP contribution in [0.15, 0.2) is 48.5 Å². The van der Waals surface area contributed by atoms with Crippen LogP contribution in [0, 0.1) is 0 Å². The Morgan fingerprint density at radius 1 is 1.09 bits per heavy atom. The zero-order valence-electron chi connectivity index (χ0n) is 12.0. The molecule has 0 saturated heterocycles. The number of carbonyl (C=O) groups excluding carboxylic acids is 2. The third kappa shape index (κ3) is 4.07. The van der Waals surface area contributed by atoms with Gasteiger partial charge in [0.1, 0.15) is 11.5 Å². The van der Waals surface area contributed by atoms with Gasteiger partial charge in [0.15, 0.2) is 0 Å². The zero-order chi connectivity index (χ0) is 15.9. The van der Waals surface area contributed by atoms with E-state index in [1.165, 1.54) is 7.11 Å². The average molecular weight is 300 g/mol. The third-order valence-corrected chi connectivity index (χ3v) is 2.81. The number of esters is 1. The lowest BCUT2D eigenvalue weighted by Crippen LogP contribution is -2.21. The molecule has 6 heteroatoms. The third-order valence-electron chi connectivity index (χ3n) is 2.81. The number of ether oxygens (including phenoxy) is 2. The van der Waals surface area contributed by atoms with Crippen LogP contribution in [0.3, 0.4) is 0 Å². The molecule has 0 unspecified atom stereocenters. The molecular weight excluding hydrogens is 284 g/mol. The minimum atomic E-state index is -0.405. The number of rotatable bonds is 5. The van der Waals surface area contributed by atoms with Crippen molar-refractivity contribution in [3.05, 3.63) is 54.1 Å². The highest BCUT2D eigenvalue weighted by molar-refractivity contribution is 5.92. The van der Waals surface area contributed by atoms with E-state index in [9.17, 15) is 9.59 Å². The lowest BCUT2D eigenvalue weighted by atomic mass is 10.2. The van der Waals surface area contributed by atoms with E-state index >= 15 is 0 Å². The maximum absolute atomic E-state index is 11.3. The van der Waals surface area contributed by atoms with E-state index in [-0.39, 0.29) is 12.5 Å². The van der Waals surface area contributed by atoms with Crippen molar-refractivity contribution in [1.82, 2.24) is 0 Å². The highest BCUT2D eigenvalue weighted by atomic mass is 16.5. The standard InChI is InChI=1S/C16H16N2O4/c1-21-16(20)11-5-7-13(8-6-11)22-14-4-2-3-12(9-14)18-15(19)10-17/h2-9H,10,17H2,1H3,(H,18,19). The van der Waals surface area contributed by atoms with Gasteiger partial charge in [-0.1, -0.05) is 6.07 Å². The second-order valence-electron chi connectivity index (χ2n) is 4.40. The maximum Gasteiger partial charge on any atom is 0.337 e. The molecule has 114 valence electrons. The Labute approximate surface area is 127 Å². The first-order chi connectivity index (χ1) is 10.6. The van der Waals surface area contributed by atoms with Crippen LogP contribution < -0.4 is 15.8 Å². The molecule has 3 N–H and O–H groups in total. The Morgan fingerprint density at radius 3 is 2.45 bits per heavy atom. The Balaban J connectivity index is 2.08. The van der Waals surface area contributed by atoms with E-state index in [0.717, 1.165) is 0 Å². The number of hydrogen-bond donors (Lipinski definition) is 2. The topological polar surface area (TPSA) is 90.6 Å². The summed E-state index contributed by atoms with van der Waals surface area (Å²) in [6.45, 7) is -0.0833. The first-order valence-corrected chi connectivity index (χ1v) is 6.58. The molecule has 0 fully saturated rings. The second-order valence-corrected chi connectivity index (χ2v) is 4.40. The Hall–Kier alpha value is -2.86. The van der Waals surface area contributed by atoms with Crippen molar-refractivity contribution in [3.8, 4) is 11.5 Å². The summed E-state index contributed by atoms with van der Waals surface area (Å²) in [5.41, 5.74) is 6.29. The van der Waals surface area contributed by atoms with Gasteiger partial charge in [-0.05, 0) is 36.4 Å². The second kappa shape index (κ2) is 7.24. The lowest BCUT2D eigenvalue weighted by Gasteiger charge is -2.09. The first kappa shape index (κ1) is 15.5. The SMILES string of the molecule is COC(=O)c1ccc(Oc2cccc(NC(=O)CN)c2)cc1. The smallest absolute Gasteiger partial charge is 0.337 e. The number of hydrogen-bond acceptors (Lipinski definition) is 5. The summed E-state index contributed by atoms with van der Waals surface area (Å²) in [5, 5.41) is 2.64. The van der Waals surface area contributed by atoms with Crippen LogP contribution in [0.5, 0.6) is 11.5 Å². The molecule has 0 aliphatic carbocycles. The molecule has 2 rings (SSSR count). The van der Waals surface area contributed by atoms with Gasteiger partial charge in [0, 0.05) is 11.8 Å². The van der Waals surface area contributed by atoms with Gasteiger partial charge in [0.2, 0.25) is 5.91 Å². The van der Waals surface area contributed by atoms with Gasteiger partial charge in [-0.3, -0.25) is 4.79 Å².